The van der Waals surface area contributed by atoms with Crippen molar-refractivity contribution in [1.29, 1.82) is 0 Å². The minimum absolute atomic E-state index is 0.0919. The number of carbonyl (C=O) groups is 2. The molecule has 0 spiro atoms. The van der Waals surface area contributed by atoms with Crippen LogP contribution in [0.15, 0.2) is 59.6 Å². The summed E-state index contributed by atoms with van der Waals surface area (Å²) in [4.78, 5) is 31.5. The summed E-state index contributed by atoms with van der Waals surface area (Å²) in [5.74, 6) is -0.307. The molecule has 7 heteroatoms. The number of thioether (sulfide) groups is 1. The molecule has 0 aliphatic carbocycles. The number of para-hydroxylation sites is 1. The number of aliphatic imine (C=N–C) groups is 1. The fourth-order valence-electron chi connectivity index (χ4n) is 2.74. The van der Waals surface area contributed by atoms with Crippen LogP contribution in [0.3, 0.4) is 0 Å². The Kier molecular flexibility index (Phi) is 6.84. The van der Waals surface area contributed by atoms with Gasteiger partial charge in [0.1, 0.15) is 5.25 Å². The SMILES string of the molecule is COCCN1C(=O)[C@H](CC(=O)Nc2ccc(C)cc2)SC1=Nc1ccccc1. The largest absolute Gasteiger partial charge is 0.383 e. The molecule has 2 aromatic rings. The summed E-state index contributed by atoms with van der Waals surface area (Å²) < 4.78 is 5.12. The number of hydrogen-bond donors (Lipinski definition) is 1. The molecule has 1 aliphatic rings. The Balaban J connectivity index is 1.70. The number of hydrogen-bond acceptors (Lipinski definition) is 5. The highest BCUT2D eigenvalue weighted by Crippen LogP contribution is 2.31. The molecule has 3 rings (SSSR count). The van der Waals surface area contributed by atoms with Gasteiger partial charge in [-0.15, -0.1) is 0 Å². The molecule has 0 radical (unpaired) electrons. The molecule has 6 nitrogen and oxygen atoms in total. The van der Waals surface area contributed by atoms with Crippen molar-refractivity contribution in [3.8, 4) is 0 Å². The van der Waals surface area contributed by atoms with E-state index in [1.165, 1.54) is 11.8 Å². The van der Waals surface area contributed by atoms with Gasteiger partial charge >= 0.3 is 0 Å². The van der Waals surface area contributed by atoms with E-state index >= 15 is 0 Å². The van der Waals surface area contributed by atoms with Crippen LogP contribution < -0.4 is 5.32 Å². The molecule has 1 saturated heterocycles. The third-order valence-electron chi connectivity index (χ3n) is 4.23. The van der Waals surface area contributed by atoms with Crippen LogP contribution >= 0.6 is 11.8 Å². The van der Waals surface area contributed by atoms with Crippen LogP contribution in [0.1, 0.15) is 12.0 Å². The van der Waals surface area contributed by atoms with E-state index in [0.717, 1.165) is 16.9 Å². The zero-order chi connectivity index (χ0) is 19.9. The fraction of sp³-hybridized carbons (Fsp3) is 0.286. The summed E-state index contributed by atoms with van der Waals surface area (Å²) in [6, 6.07) is 17.0. The van der Waals surface area contributed by atoms with E-state index < -0.39 is 5.25 Å². The lowest BCUT2D eigenvalue weighted by molar-refractivity contribution is -0.128. The quantitative estimate of drug-likeness (QED) is 0.775. The minimum Gasteiger partial charge on any atom is -0.383 e. The maximum atomic E-state index is 12.8. The van der Waals surface area contributed by atoms with Crippen molar-refractivity contribution < 1.29 is 14.3 Å². The molecule has 0 aromatic heterocycles. The molecule has 146 valence electrons. The molecule has 0 bridgehead atoms. The zero-order valence-corrected chi connectivity index (χ0v) is 16.7. The first kappa shape index (κ1) is 20.1. The van der Waals surface area contributed by atoms with Crippen molar-refractivity contribution in [1.82, 2.24) is 4.90 Å². The second kappa shape index (κ2) is 9.52. The minimum atomic E-state index is -0.496. The summed E-state index contributed by atoms with van der Waals surface area (Å²) in [6.45, 7) is 2.80. The average molecular weight is 398 g/mol. The predicted octanol–water partition coefficient (Wildman–Crippen LogP) is 3.60. The molecule has 28 heavy (non-hydrogen) atoms. The number of aryl methyl sites for hydroxylation is 1. The first-order valence-corrected chi connectivity index (χ1v) is 9.92. The van der Waals surface area contributed by atoms with Crippen molar-refractivity contribution in [3.05, 3.63) is 60.2 Å². The Morgan fingerprint density at radius 2 is 1.89 bits per heavy atom. The van der Waals surface area contributed by atoms with Gasteiger partial charge in [0.15, 0.2) is 5.17 Å². The Hall–Kier alpha value is -2.64. The molecule has 1 atom stereocenters. The van der Waals surface area contributed by atoms with Gasteiger partial charge in [0.2, 0.25) is 11.8 Å². The number of amides is 2. The number of ether oxygens (including phenoxy) is 1. The van der Waals surface area contributed by atoms with Crippen molar-refractivity contribution in [2.45, 2.75) is 18.6 Å². The Morgan fingerprint density at radius 1 is 1.18 bits per heavy atom. The number of amidine groups is 1. The maximum absolute atomic E-state index is 12.8. The van der Waals surface area contributed by atoms with Gasteiger partial charge < -0.3 is 10.1 Å². The summed E-state index contributed by atoms with van der Waals surface area (Å²) >= 11 is 1.32. The summed E-state index contributed by atoms with van der Waals surface area (Å²) in [7, 11) is 1.59. The van der Waals surface area contributed by atoms with Gasteiger partial charge in [-0.2, -0.15) is 0 Å². The second-order valence-electron chi connectivity index (χ2n) is 6.44. The van der Waals surface area contributed by atoms with Gasteiger partial charge in [-0.1, -0.05) is 47.7 Å². The lowest BCUT2D eigenvalue weighted by atomic mass is 10.2. The first-order chi connectivity index (χ1) is 13.6. The van der Waals surface area contributed by atoms with Gasteiger partial charge in [0, 0.05) is 19.2 Å². The Bertz CT molecular complexity index is 853. The summed E-state index contributed by atoms with van der Waals surface area (Å²) in [5.41, 5.74) is 2.61. The van der Waals surface area contributed by atoms with Crippen LogP contribution in [0.4, 0.5) is 11.4 Å². The van der Waals surface area contributed by atoms with E-state index in [-0.39, 0.29) is 18.2 Å². The third-order valence-corrected chi connectivity index (χ3v) is 5.40. The Labute approximate surface area is 169 Å². The third kappa shape index (κ3) is 5.21. The standard InChI is InChI=1S/C21H23N3O3S/c1-15-8-10-17(11-9-15)22-19(25)14-18-20(26)24(12-13-27-2)21(28-18)23-16-6-4-3-5-7-16/h3-11,18H,12-14H2,1-2H3,(H,22,25)/t18-/m0/s1. The van der Waals surface area contributed by atoms with Crippen molar-refractivity contribution in [2.24, 2.45) is 4.99 Å². The van der Waals surface area contributed by atoms with Gasteiger partial charge in [-0.3, -0.25) is 14.5 Å². The van der Waals surface area contributed by atoms with Crippen molar-refractivity contribution in [3.63, 3.8) is 0 Å². The van der Waals surface area contributed by atoms with Gasteiger partial charge in [0.25, 0.3) is 0 Å². The van der Waals surface area contributed by atoms with E-state index in [4.69, 9.17) is 4.74 Å². The number of anilines is 1. The van der Waals surface area contributed by atoms with Crippen LogP contribution in [0.2, 0.25) is 0 Å². The molecule has 2 aromatic carbocycles. The van der Waals surface area contributed by atoms with E-state index in [2.05, 4.69) is 10.3 Å². The molecule has 1 heterocycles. The molecule has 0 unspecified atom stereocenters. The van der Waals surface area contributed by atoms with Gasteiger partial charge in [0.05, 0.1) is 18.8 Å². The van der Waals surface area contributed by atoms with Crippen LogP contribution in [0.25, 0.3) is 0 Å². The lowest BCUT2D eigenvalue weighted by Crippen LogP contribution is -2.35. The van der Waals surface area contributed by atoms with Crippen LogP contribution in [0.5, 0.6) is 0 Å². The molecule has 1 N–H and O–H groups in total. The molecule has 0 saturated carbocycles. The summed E-state index contributed by atoms with van der Waals surface area (Å²) in [5, 5.41) is 2.95. The molecule has 2 amide bonds. The van der Waals surface area contributed by atoms with E-state index in [1.54, 1.807) is 12.0 Å². The number of benzene rings is 2. The highest BCUT2D eigenvalue weighted by molar-refractivity contribution is 8.15. The molecular weight excluding hydrogens is 374 g/mol. The maximum Gasteiger partial charge on any atom is 0.242 e. The summed E-state index contributed by atoms with van der Waals surface area (Å²) in [6.07, 6.45) is 0.0919. The van der Waals surface area contributed by atoms with E-state index in [1.807, 2.05) is 61.5 Å². The highest BCUT2D eigenvalue weighted by Gasteiger charge is 2.38. The number of methoxy groups -OCH3 is 1. The van der Waals surface area contributed by atoms with Crippen LogP contribution in [0, 0.1) is 6.92 Å². The van der Waals surface area contributed by atoms with Crippen molar-refractivity contribution >= 4 is 40.1 Å². The number of rotatable bonds is 7. The number of nitrogens with zero attached hydrogens (tertiary/aromatic N) is 2. The molecule has 1 aliphatic heterocycles. The monoisotopic (exact) mass is 397 g/mol. The lowest BCUT2D eigenvalue weighted by Gasteiger charge is -2.15. The number of nitrogens with one attached hydrogen (secondary N) is 1. The van der Waals surface area contributed by atoms with Crippen LogP contribution in [-0.2, 0) is 14.3 Å². The first-order valence-electron chi connectivity index (χ1n) is 9.04. The second-order valence-corrected chi connectivity index (χ2v) is 7.61. The highest BCUT2D eigenvalue weighted by atomic mass is 32.2. The average Bonchev–Trinajstić information content (AvgIpc) is 2.97. The predicted molar refractivity (Wildman–Crippen MR) is 113 cm³/mol. The number of carbonyl (C=O) groups excluding carboxylic acids is 2. The molecule has 1 fully saturated rings. The van der Waals surface area contributed by atoms with E-state index in [9.17, 15) is 9.59 Å². The Morgan fingerprint density at radius 3 is 2.57 bits per heavy atom. The van der Waals surface area contributed by atoms with Gasteiger partial charge in [-0.05, 0) is 31.2 Å². The smallest absolute Gasteiger partial charge is 0.242 e. The molecular formula is C21H23N3O3S. The van der Waals surface area contributed by atoms with E-state index in [0.29, 0.717) is 18.3 Å². The van der Waals surface area contributed by atoms with Crippen molar-refractivity contribution in [2.75, 3.05) is 25.6 Å². The topological polar surface area (TPSA) is 71.0 Å². The van der Waals surface area contributed by atoms with Crippen LogP contribution in [-0.4, -0.2) is 47.4 Å². The zero-order valence-electron chi connectivity index (χ0n) is 15.9. The fourth-order valence-corrected chi connectivity index (χ4v) is 3.93. The normalized spacial score (nSPS) is 17.9. The van der Waals surface area contributed by atoms with Gasteiger partial charge in [-0.25, -0.2) is 4.99 Å².